The van der Waals surface area contributed by atoms with Crippen molar-refractivity contribution >= 4 is 23.0 Å². The summed E-state index contributed by atoms with van der Waals surface area (Å²) in [5.41, 5.74) is 1.28. The largest absolute Gasteiger partial charge is 0.489 e. The average Bonchev–Trinajstić information content (AvgIpc) is 2.91. The highest BCUT2D eigenvalue weighted by Crippen LogP contribution is 2.37. The van der Waals surface area contributed by atoms with Crippen LogP contribution >= 0.6 is 11.6 Å². The highest BCUT2D eigenvalue weighted by Gasteiger charge is 2.23. The minimum Gasteiger partial charge on any atom is -0.489 e. The summed E-state index contributed by atoms with van der Waals surface area (Å²) in [5.74, 6) is 0.384. The summed E-state index contributed by atoms with van der Waals surface area (Å²) in [6.45, 7) is 2.06. The number of benzene rings is 2. The van der Waals surface area contributed by atoms with E-state index in [1.165, 1.54) is 6.07 Å². The molecule has 2 aromatic rings. The van der Waals surface area contributed by atoms with E-state index < -0.39 is 4.92 Å². The van der Waals surface area contributed by atoms with Gasteiger partial charge in [-0.25, -0.2) is 0 Å². The van der Waals surface area contributed by atoms with Crippen LogP contribution in [0.5, 0.6) is 5.75 Å². The predicted octanol–water partition coefficient (Wildman–Crippen LogP) is 4.38. The van der Waals surface area contributed by atoms with Crippen molar-refractivity contribution in [3.8, 4) is 5.75 Å². The number of ether oxygens (including phenoxy) is 1. The number of nitrogens with zero attached hydrogens (tertiary/aromatic N) is 1. The van der Waals surface area contributed by atoms with Gasteiger partial charge in [-0.1, -0.05) is 48.4 Å². The number of rotatable bonds is 6. The highest BCUT2D eigenvalue weighted by atomic mass is 35.5. The zero-order chi connectivity index (χ0) is 18.4. The first-order valence-electron chi connectivity index (χ1n) is 8.75. The standard InChI is InChI=1S/C19H22ClN3O3/c20-17-10-16(26-13-14-6-2-1-3-7-14)11-18(23(24)25)19(17)22-15-8-4-5-9-21-12-15/h1-3,6-7,10-11,15,21-22H,4-5,8-9,12-13H2. The van der Waals surface area contributed by atoms with Crippen LogP contribution in [0.4, 0.5) is 11.4 Å². The Morgan fingerprint density at radius 1 is 1.27 bits per heavy atom. The molecule has 1 unspecified atom stereocenters. The third-order valence-electron chi connectivity index (χ3n) is 4.38. The second-order valence-corrected chi connectivity index (χ2v) is 6.78. The molecule has 0 aliphatic carbocycles. The lowest BCUT2D eigenvalue weighted by molar-refractivity contribution is -0.384. The second kappa shape index (κ2) is 8.87. The van der Waals surface area contributed by atoms with Gasteiger partial charge in [0.1, 0.15) is 18.0 Å². The Bertz CT molecular complexity index is 747. The van der Waals surface area contributed by atoms with Gasteiger partial charge in [-0.05, 0) is 24.9 Å². The van der Waals surface area contributed by atoms with Crippen LogP contribution < -0.4 is 15.4 Å². The molecule has 0 bridgehead atoms. The molecule has 138 valence electrons. The fraction of sp³-hybridized carbons (Fsp3) is 0.368. The fourth-order valence-corrected chi connectivity index (χ4v) is 3.28. The van der Waals surface area contributed by atoms with Crippen molar-refractivity contribution in [2.75, 3.05) is 18.4 Å². The van der Waals surface area contributed by atoms with Crippen molar-refractivity contribution in [3.63, 3.8) is 0 Å². The van der Waals surface area contributed by atoms with E-state index in [1.54, 1.807) is 6.07 Å². The van der Waals surface area contributed by atoms with Crippen LogP contribution in [0.25, 0.3) is 0 Å². The average molecular weight is 376 g/mol. The number of hydrogen-bond acceptors (Lipinski definition) is 5. The summed E-state index contributed by atoms with van der Waals surface area (Å²) in [6, 6.07) is 12.8. The van der Waals surface area contributed by atoms with Gasteiger partial charge in [-0.2, -0.15) is 0 Å². The first-order valence-corrected chi connectivity index (χ1v) is 9.13. The number of anilines is 1. The van der Waals surface area contributed by atoms with E-state index in [9.17, 15) is 10.1 Å². The molecule has 0 radical (unpaired) electrons. The molecule has 7 heteroatoms. The van der Waals surface area contributed by atoms with Gasteiger partial charge in [-0.15, -0.1) is 0 Å². The molecule has 1 fully saturated rings. The smallest absolute Gasteiger partial charge is 0.297 e. The molecule has 1 heterocycles. The Labute approximate surface area is 157 Å². The summed E-state index contributed by atoms with van der Waals surface area (Å²) in [4.78, 5) is 11.1. The second-order valence-electron chi connectivity index (χ2n) is 6.37. The molecule has 1 aliphatic heterocycles. The van der Waals surface area contributed by atoms with Crippen LogP contribution in [0.2, 0.25) is 5.02 Å². The van der Waals surface area contributed by atoms with E-state index in [2.05, 4.69) is 10.6 Å². The zero-order valence-corrected chi connectivity index (χ0v) is 15.2. The topological polar surface area (TPSA) is 76.4 Å². The maximum Gasteiger partial charge on any atom is 0.297 e. The van der Waals surface area contributed by atoms with Crippen LogP contribution in [0.1, 0.15) is 24.8 Å². The molecular weight excluding hydrogens is 354 g/mol. The summed E-state index contributed by atoms with van der Waals surface area (Å²) in [6.07, 6.45) is 3.14. The zero-order valence-electron chi connectivity index (χ0n) is 14.4. The van der Waals surface area contributed by atoms with Crippen molar-refractivity contribution in [3.05, 3.63) is 63.2 Å². The molecule has 26 heavy (non-hydrogen) atoms. The molecule has 3 rings (SSSR count). The molecule has 0 spiro atoms. The van der Waals surface area contributed by atoms with Gasteiger partial charge in [0.2, 0.25) is 0 Å². The number of nitro benzene ring substituents is 1. The van der Waals surface area contributed by atoms with E-state index in [0.29, 0.717) is 23.1 Å². The number of nitro groups is 1. The van der Waals surface area contributed by atoms with Crippen LogP contribution in [0.3, 0.4) is 0 Å². The van der Waals surface area contributed by atoms with Crippen molar-refractivity contribution in [1.82, 2.24) is 5.32 Å². The van der Waals surface area contributed by atoms with Crippen LogP contribution in [0.15, 0.2) is 42.5 Å². The Balaban J connectivity index is 1.77. The van der Waals surface area contributed by atoms with E-state index in [0.717, 1.165) is 37.9 Å². The molecule has 1 saturated heterocycles. The van der Waals surface area contributed by atoms with E-state index in [4.69, 9.17) is 16.3 Å². The van der Waals surface area contributed by atoms with Gasteiger partial charge < -0.3 is 15.4 Å². The predicted molar refractivity (Wildman–Crippen MR) is 103 cm³/mol. The van der Waals surface area contributed by atoms with Crippen molar-refractivity contribution in [1.29, 1.82) is 0 Å². The van der Waals surface area contributed by atoms with Gasteiger partial charge in [0.05, 0.1) is 16.0 Å². The molecular formula is C19H22ClN3O3. The number of hydrogen-bond donors (Lipinski definition) is 2. The van der Waals surface area contributed by atoms with E-state index >= 15 is 0 Å². The minimum atomic E-state index is -0.423. The lowest BCUT2D eigenvalue weighted by Gasteiger charge is -2.19. The molecule has 2 N–H and O–H groups in total. The normalized spacial score (nSPS) is 17.3. The first kappa shape index (κ1) is 18.5. The Hall–Kier alpha value is -2.31. The summed E-state index contributed by atoms with van der Waals surface area (Å²) in [5, 5.41) is 18.4. The fourth-order valence-electron chi connectivity index (χ4n) is 3.03. The van der Waals surface area contributed by atoms with E-state index in [1.807, 2.05) is 30.3 Å². The molecule has 0 saturated carbocycles. The molecule has 1 atom stereocenters. The maximum absolute atomic E-state index is 11.5. The van der Waals surface area contributed by atoms with Gasteiger partial charge in [-0.3, -0.25) is 10.1 Å². The Kier molecular flexibility index (Phi) is 6.30. The summed E-state index contributed by atoms with van der Waals surface area (Å²) in [7, 11) is 0. The lowest BCUT2D eigenvalue weighted by Crippen LogP contribution is -2.31. The Morgan fingerprint density at radius 2 is 2.08 bits per heavy atom. The monoisotopic (exact) mass is 375 g/mol. The van der Waals surface area contributed by atoms with Crippen LogP contribution in [0, 0.1) is 10.1 Å². The SMILES string of the molecule is O=[N+]([O-])c1cc(OCc2ccccc2)cc(Cl)c1NC1CCCCNC1. The van der Waals surface area contributed by atoms with Crippen molar-refractivity contribution in [2.24, 2.45) is 0 Å². The van der Waals surface area contributed by atoms with Gasteiger partial charge >= 0.3 is 0 Å². The third-order valence-corrected chi connectivity index (χ3v) is 4.68. The molecule has 0 aromatic heterocycles. The number of halogens is 1. The van der Waals surface area contributed by atoms with Gasteiger partial charge in [0.25, 0.3) is 5.69 Å². The molecule has 2 aromatic carbocycles. The number of nitrogens with one attached hydrogen (secondary N) is 2. The van der Waals surface area contributed by atoms with Crippen molar-refractivity contribution in [2.45, 2.75) is 31.9 Å². The first-order chi connectivity index (χ1) is 12.6. The van der Waals surface area contributed by atoms with Crippen LogP contribution in [-0.2, 0) is 6.61 Å². The Morgan fingerprint density at radius 3 is 2.85 bits per heavy atom. The van der Waals surface area contributed by atoms with Crippen molar-refractivity contribution < 1.29 is 9.66 Å². The van der Waals surface area contributed by atoms with Crippen LogP contribution in [-0.4, -0.2) is 24.1 Å². The highest BCUT2D eigenvalue weighted by molar-refractivity contribution is 6.34. The molecule has 0 amide bonds. The third kappa shape index (κ3) is 4.86. The molecule has 1 aliphatic rings. The van der Waals surface area contributed by atoms with E-state index in [-0.39, 0.29) is 11.7 Å². The summed E-state index contributed by atoms with van der Waals surface area (Å²) < 4.78 is 5.70. The lowest BCUT2D eigenvalue weighted by atomic mass is 10.1. The van der Waals surface area contributed by atoms with Gasteiger partial charge in [0.15, 0.2) is 0 Å². The van der Waals surface area contributed by atoms with Gasteiger partial charge in [0, 0.05) is 18.7 Å². The minimum absolute atomic E-state index is 0.0650. The quantitative estimate of drug-likeness (QED) is 0.578. The molecule has 6 nitrogen and oxygen atoms in total. The summed E-state index contributed by atoms with van der Waals surface area (Å²) >= 11 is 6.35. The maximum atomic E-state index is 11.5.